The lowest BCUT2D eigenvalue weighted by Gasteiger charge is -2.35. The summed E-state index contributed by atoms with van der Waals surface area (Å²) >= 11 is 0. The number of hydrogen-bond donors (Lipinski definition) is 0. The Morgan fingerprint density at radius 2 is 1.00 bits per heavy atom. The van der Waals surface area contributed by atoms with Gasteiger partial charge in [0.15, 0.2) is 0 Å². The van der Waals surface area contributed by atoms with E-state index in [0.29, 0.717) is 0 Å². The lowest BCUT2D eigenvalue weighted by atomic mass is 10.2. The third-order valence-electron chi connectivity index (χ3n) is 5.22. The third-order valence-corrected chi connectivity index (χ3v) is 10.1. The van der Waals surface area contributed by atoms with Gasteiger partial charge in [0.05, 0.1) is 25.0 Å². The summed E-state index contributed by atoms with van der Waals surface area (Å²) in [5.74, 6) is 0.722. The lowest BCUT2D eigenvalue weighted by Crippen LogP contribution is -2.23. The quantitative estimate of drug-likeness (QED) is 0.261. The first-order valence-corrected chi connectivity index (χ1v) is 14.8. The van der Waals surface area contributed by atoms with Crippen LogP contribution in [0.15, 0.2) is 87.5 Å². The summed E-state index contributed by atoms with van der Waals surface area (Å²) in [6.45, 7) is 5.98. The van der Waals surface area contributed by atoms with Gasteiger partial charge in [-0.25, -0.2) is 0 Å². The molecule has 1 N–H and O–H groups in total. The SMILES string of the molecule is CN(C)c1ccc(S([OH+]S(C)(=O)=O)(c2ccc(OC(C)(C)C)cc2)c2ccc(N(C)C)cc2)cc1. The fourth-order valence-corrected chi connectivity index (χ4v) is 8.74. The molecule has 3 rings (SSSR count). The van der Waals surface area contributed by atoms with Crippen molar-refractivity contribution in [3.8, 4) is 5.75 Å². The number of benzene rings is 3. The maximum Gasteiger partial charge on any atom is 0.387 e. The van der Waals surface area contributed by atoms with Gasteiger partial charge in [-0.15, -0.1) is 0 Å². The van der Waals surface area contributed by atoms with Crippen molar-refractivity contribution in [3.63, 3.8) is 0 Å². The Morgan fingerprint density at radius 3 is 1.29 bits per heavy atom. The van der Waals surface area contributed by atoms with Crippen LogP contribution in [-0.4, -0.2) is 52.1 Å². The van der Waals surface area contributed by atoms with E-state index >= 15 is 0 Å². The van der Waals surface area contributed by atoms with Crippen LogP contribution in [0.2, 0.25) is 0 Å². The summed E-state index contributed by atoms with van der Waals surface area (Å²) in [6, 6.07) is 23.6. The van der Waals surface area contributed by atoms with Crippen LogP contribution in [0.25, 0.3) is 0 Å². The van der Waals surface area contributed by atoms with E-state index in [1.54, 1.807) is 0 Å². The zero-order valence-electron chi connectivity index (χ0n) is 21.8. The zero-order valence-corrected chi connectivity index (χ0v) is 23.4. The minimum atomic E-state index is -3.71. The van der Waals surface area contributed by atoms with Crippen molar-refractivity contribution in [3.05, 3.63) is 72.8 Å². The molecule has 0 aliphatic rings. The summed E-state index contributed by atoms with van der Waals surface area (Å²) < 4.78 is 36.2. The standard InChI is InChI=1S/C27H36N2O4S2/c1-27(2,3)32-23-13-19-26(20-14-23)35(33-34(8,30)31,24-15-9-21(10-16-24)28(4)5)25-17-11-22(12-18-25)29(6)7/h9-20H,1-8H3/p+1. The molecule has 0 aliphatic heterocycles. The van der Waals surface area contributed by atoms with E-state index < -0.39 is 20.4 Å². The maximum atomic E-state index is 12.8. The number of rotatable bonds is 8. The normalized spacial score (nSPS) is 12.8. The number of anilines is 2. The van der Waals surface area contributed by atoms with Gasteiger partial charge < -0.3 is 14.5 Å². The van der Waals surface area contributed by atoms with Crippen LogP contribution in [-0.2, 0) is 10.1 Å². The fourth-order valence-electron chi connectivity index (χ4n) is 3.68. The van der Waals surface area contributed by atoms with Crippen molar-refractivity contribution in [2.45, 2.75) is 41.1 Å². The van der Waals surface area contributed by atoms with Crippen molar-refractivity contribution in [1.82, 2.24) is 0 Å². The summed E-state index contributed by atoms with van der Waals surface area (Å²) in [5.41, 5.74) is 1.71. The number of nitrogens with zero attached hydrogens (tertiary/aromatic N) is 2. The van der Waals surface area contributed by atoms with E-state index in [4.69, 9.17) is 4.74 Å². The van der Waals surface area contributed by atoms with Crippen LogP contribution in [0, 0.1) is 0 Å². The molecule has 35 heavy (non-hydrogen) atoms. The maximum absolute atomic E-state index is 12.8. The van der Waals surface area contributed by atoms with Gasteiger partial charge in [-0.05, 0) is 93.6 Å². The molecule has 0 spiro atoms. The summed E-state index contributed by atoms with van der Waals surface area (Å²) in [5, 5.41) is 0. The Kier molecular flexibility index (Phi) is 7.79. The van der Waals surface area contributed by atoms with Gasteiger partial charge in [0.2, 0.25) is 0 Å². The Hall–Kier alpha value is -2.68. The highest BCUT2D eigenvalue weighted by Gasteiger charge is 2.41. The molecule has 6 nitrogen and oxygen atoms in total. The largest absolute Gasteiger partial charge is 0.488 e. The van der Waals surface area contributed by atoms with Crippen LogP contribution in [0.4, 0.5) is 11.4 Å². The predicted octanol–water partition coefficient (Wildman–Crippen LogP) is 6.25. The summed E-state index contributed by atoms with van der Waals surface area (Å²) in [4.78, 5) is 6.53. The van der Waals surface area contributed by atoms with Crippen molar-refractivity contribution in [2.75, 3.05) is 44.2 Å². The summed E-state index contributed by atoms with van der Waals surface area (Å²) in [6.07, 6.45) is 1.16. The Balaban J connectivity index is 2.29. The highest BCUT2D eigenvalue weighted by atomic mass is 32.3. The van der Waals surface area contributed by atoms with E-state index in [2.05, 4.69) is 3.63 Å². The van der Waals surface area contributed by atoms with Gasteiger partial charge in [-0.3, -0.25) is 3.63 Å². The molecule has 0 saturated carbocycles. The minimum Gasteiger partial charge on any atom is -0.488 e. The second-order valence-corrected chi connectivity index (χ2v) is 14.5. The van der Waals surface area contributed by atoms with Crippen molar-refractivity contribution in [1.29, 1.82) is 0 Å². The first-order chi connectivity index (χ1) is 16.2. The van der Waals surface area contributed by atoms with Gasteiger partial charge in [-0.1, -0.05) is 0 Å². The molecule has 0 atom stereocenters. The van der Waals surface area contributed by atoms with Crippen molar-refractivity contribution in [2.24, 2.45) is 0 Å². The average Bonchev–Trinajstić information content (AvgIpc) is 2.76. The van der Waals surface area contributed by atoms with Crippen molar-refractivity contribution >= 4 is 31.8 Å². The fraction of sp³-hybridized carbons (Fsp3) is 0.333. The molecular formula is C27H37N2O4S2+. The Labute approximate surface area is 212 Å². The third kappa shape index (κ3) is 6.51. The Morgan fingerprint density at radius 1 is 0.657 bits per heavy atom. The molecule has 0 heterocycles. The molecule has 3 aromatic rings. The molecule has 0 aliphatic carbocycles. The van der Waals surface area contributed by atoms with E-state index in [9.17, 15) is 8.42 Å². The smallest absolute Gasteiger partial charge is 0.387 e. The van der Waals surface area contributed by atoms with Crippen LogP contribution in [0.1, 0.15) is 20.8 Å². The van der Waals surface area contributed by atoms with Crippen LogP contribution in [0.5, 0.6) is 5.75 Å². The van der Waals surface area contributed by atoms with E-state index in [0.717, 1.165) is 38.1 Å². The topological polar surface area (TPSA) is 62.6 Å². The highest BCUT2D eigenvalue weighted by molar-refractivity contribution is 8.32. The van der Waals surface area contributed by atoms with Gasteiger partial charge in [-0.2, -0.15) is 8.42 Å². The monoisotopic (exact) mass is 517 g/mol. The molecule has 0 aromatic heterocycles. The summed E-state index contributed by atoms with van der Waals surface area (Å²) in [7, 11) is 1.71. The molecule has 0 radical (unpaired) electrons. The molecule has 190 valence electrons. The lowest BCUT2D eigenvalue weighted by molar-refractivity contribution is 0.131. The zero-order chi connectivity index (χ0) is 26.0. The molecular weight excluding hydrogens is 480 g/mol. The van der Waals surface area contributed by atoms with Crippen LogP contribution in [0.3, 0.4) is 0 Å². The molecule has 0 amide bonds. The number of ether oxygens (including phenoxy) is 1. The average molecular weight is 518 g/mol. The van der Waals surface area contributed by atoms with Crippen LogP contribution >= 0.6 is 10.3 Å². The molecule has 0 saturated heterocycles. The van der Waals surface area contributed by atoms with Gasteiger partial charge in [0, 0.05) is 39.6 Å². The molecule has 0 fully saturated rings. The molecule has 8 heteroatoms. The van der Waals surface area contributed by atoms with E-state index in [1.165, 1.54) is 0 Å². The molecule has 0 unspecified atom stereocenters. The van der Waals surface area contributed by atoms with E-state index in [1.807, 2.05) is 132 Å². The van der Waals surface area contributed by atoms with Gasteiger partial charge in [0.25, 0.3) is 0 Å². The van der Waals surface area contributed by atoms with Gasteiger partial charge in [0.1, 0.15) is 17.6 Å². The van der Waals surface area contributed by atoms with Crippen LogP contribution < -0.4 is 14.5 Å². The second-order valence-electron chi connectivity index (χ2n) is 9.85. The minimum absolute atomic E-state index is 0.341. The highest BCUT2D eigenvalue weighted by Crippen LogP contribution is 2.68. The predicted molar refractivity (Wildman–Crippen MR) is 148 cm³/mol. The first-order valence-electron chi connectivity index (χ1n) is 11.3. The first kappa shape index (κ1) is 26.9. The molecule has 0 bridgehead atoms. The number of hydrogen-bond acceptors (Lipinski definition) is 5. The van der Waals surface area contributed by atoms with Crippen molar-refractivity contribution < 1.29 is 16.8 Å². The van der Waals surface area contributed by atoms with Gasteiger partial charge >= 0.3 is 10.1 Å². The molecule has 3 aromatic carbocycles. The van der Waals surface area contributed by atoms with E-state index in [-0.39, 0.29) is 5.60 Å². The second kappa shape index (κ2) is 10.1. The Bertz CT molecular complexity index is 1180.